The van der Waals surface area contributed by atoms with Crippen molar-refractivity contribution >= 4 is 18.4 Å². The molecule has 0 aliphatic rings. The molecule has 0 heterocycles. The Hall–Kier alpha value is -0.960. The van der Waals surface area contributed by atoms with Crippen LogP contribution in [0.15, 0.2) is 24.9 Å². The van der Waals surface area contributed by atoms with Crippen LogP contribution in [0.3, 0.4) is 0 Å². The zero-order valence-corrected chi connectivity index (χ0v) is 6.26. The summed E-state index contributed by atoms with van der Waals surface area (Å²) in [4.78, 5) is 10.3. The third-order valence-electron chi connectivity index (χ3n) is 0.625. The Morgan fingerprint density at radius 3 is 2.70 bits per heavy atom. The van der Waals surface area contributed by atoms with Gasteiger partial charge in [0.15, 0.2) is 0 Å². The van der Waals surface area contributed by atoms with Crippen LogP contribution in [-0.4, -0.2) is 12.6 Å². The number of nitrogens with two attached hydrogens (primary N) is 1. The second-order valence-corrected chi connectivity index (χ2v) is 1.26. The van der Waals surface area contributed by atoms with Crippen LogP contribution in [0.2, 0.25) is 0 Å². The molecule has 0 fully saturated rings. The van der Waals surface area contributed by atoms with Gasteiger partial charge < -0.3 is 10.5 Å². The van der Waals surface area contributed by atoms with E-state index in [0.29, 0.717) is 0 Å². The summed E-state index contributed by atoms with van der Waals surface area (Å²) in [5.41, 5.74) is 4.96. The number of carbonyl (C=O) groups excluding carboxylic acids is 1. The summed E-state index contributed by atoms with van der Waals surface area (Å²) in [7, 11) is 0. The maximum Gasteiger partial charge on any atom is 0.330 e. The van der Waals surface area contributed by atoms with Crippen molar-refractivity contribution in [3.05, 3.63) is 24.9 Å². The Labute approximate surface area is 66.0 Å². The van der Waals surface area contributed by atoms with Crippen molar-refractivity contribution in [2.45, 2.75) is 0 Å². The van der Waals surface area contributed by atoms with Gasteiger partial charge in [0.1, 0.15) is 6.61 Å². The number of ether oxygens (including phenoxy) is 1. The van der Waals surface area contributed by atoms with Gasteiger partial charge in [0.05, 0.1) is 0 Å². The molecule has 0 rings (SSSR count). The van der Waals surface area contributed by atoms with E-state index in [4.69, 9.17) is 5.73 Å². The number of hydrogen-bond acceptors (Lipinski definition) is 3. The summed E-state index contributed by atoms with van der Waals surface area (Å²) in [6.45, 7) is 3.42. The Kier molecular flexibility index (Phi) is 9.48. The van der Waals surface area contributed by atoms with E-state index in [1.165, 1.54) is 12.3 Å². The molecule has 0 aromatic heterocycles. The minimum absolute atomic E-state index is 0. The summed E-state index contributed by atoms with van der Waals surface area (Å²) in [5, 5.41) is 0. The van der Waals surface area contributed by atoms with Crippen LogP contribution in [0.5, 0.6) is 0 Å². The fourth-order valence-electron chi connectivity index (χ4n) is 0.245. The van der Waals surface area contributed by atoms with E-state index < -0.39 is 5.97 Å². The van der Waals surface area contributed by atoms with Gasteiger partial charge in [0.2, 0.25) is 0 Å². The highest BCUT2D eigenvalue weighted by molar-refractivity contribution is 5.85. The molecule has 2 N–H and O–H groups in total. The molecule has 4 heteroatoms. The van der Waals surface area contributed by atoms with Crippen LogP contribution >= 0.6 is 12.4 Å². The zero-order valence-electron chi connectivity index (χ0n) is 5.45. The summed E-state index contributed by atoms with van der Waals surface area (Å²) >= 11 is 0. The van der Waals surface area contributed by atoms with Gasteiger partial charge >= 0.3 is 5.97 Å². The van der Waals surface area contributed by atoms with E-state index in [1.54, 1.807) is 0 Å². The monoisotopic (exact) mass is 163 g/mol. The van der Waals surface area contributed by atoms with Crippen molar-refractivity contribution in [1.82, 2.24) is 0 Å². The van der Waals surface area contributed by atoms with Gasteiger partial charge in [-0.15, -0.1) is 12.4 Å². The number of halogens is 1. The lowest BCUT2D eigenvalue weighted by molar-refractivity contribution is -0.136. The molecular formula is C6H10ClNO2. The van der Waals surface area contributed by atoms with Gasteiger partial charge in [-0.2, -0.15) is 0 Å². The minimum Gasteiger partial charge on any atom is -0.458 e. The minimum atomic E-state index is -0.437. The standard InChI is InChI=1S/C6H9NO2.ClH/c1-2-6(8)9-5-3-4-7;/h2-4H,1,5,7H2;1H. The number of carbonyl (C=O) groups is 1. The summed E-state index contributed by atoms with van der Waals surface area (Å²) < 4.78 is 4.51. The Balaban J connectivity index is 0. The molecule has 0 saturated heterocycles. The van der Waals surface area contributed by atoms with Gasteiger partial charge in [-0.05, 0) is 12.3 Å². The second-order valence-electron chi connectivity index (χ2n) is 1.26. The van der Waals surface area contributed by atoms with Crippen LogP contribution in [0, 0.1) is 0 Å². The lowest BCUT2D eigenvalue weighted by Crippen LogP contribution is -1.99. The molecule has 0 aromatic rings. The fourth-order valence-corrected chi connectivity index (χ4v) is 0.245. The molecule has 0 amide bonds. The van der Waals surface area contributed by atoms with Crippen LogP contribution < -0.4 is 5.73 Å². The first-order valence-corrected chi connectivity index (χ1v) is 2.47. The predicted octanol–water partition coefficient (Wildman–Crippen LogP) is 0.610. The maximum absolute atomic E-state index is 10.3. The SMILES string of the molecule is C=CC(=O)OCC=CN.Cl. The average molecular weight is 164 g/mol. The molecular weight excluding hydrogens is 154 g/mol. The first-order valence-electron chi connectivity index (χ1n) is 2.47. The van der Waals surface area contributed by atoms with E-state index in [9.17, 15) is 4.79 Å². The smallest absolute Gasteiger partial charge is 0.330 e. The molecule has 0 aliphatic heterocycles. The molecule has 58 valence electrons. The highest BCUT2D eigenvalue weighted by atomic mass is 35.5. The Morgan fingerprint density at radius 2 is 2.30 bits per heavy atom. The van der Waals surface area contributed by atoms with Crippen LogP contribution in [0.4, 0.5) is 0 Å². The third kappa shape index (κ3) is 7.04. The van der Waals surface area contributed by atoms with E-state index in [2.05, 4.69) is 11.3 Å². The number of hydrogen-bond donors (Lipinski definition) is 1. The van der Waals surface area contributed by atoms with Crippen molar-refractivity contribution in [2.24, 2.45) is 5.73 Å². The second kappa shape index (κ2) is 8.04. The molecule has 10 heavy (non-hydrogen) atoms. The quantitative estimate of drug-likeness (QED) is 0.490. The van der Waals surface area contributed by atoms with Gasteiger partial charge in [-0.3, -0.25) is 0 Å². The average Bonchev–Trinajstić information content (AvgIpc) is 1.89. The van der Waals surface area contributed by atoms with E-state index >= 15 is 0 Å². The highest BCUT2D eigenvalue weighted by Crippen LogP contribution is 1.78. The van der Waals surface area contributed by atoms with Crippen molar-refractivity contribution in [3.63, 3.8) is 0 Å². The molecule has 0 radical (unpaired) electrons. The fraction of sp³-hybridized carbons (Fsp3) is 0.167. The molecule has 0 saturated carbocycles. The maximum atomic E-state index is 10.3. The summed E-state index contributed by atoms with van der Waals surface area (Å²) in [6.07, 6.45) is 3.95. The molecule has 0 spiro atoms. The van der Waals surface area contributed by atoms with Crippen LogP contribution in [0.25, 0.3) is 0 Å². The molecule has 3 nitrogen and oxygen atoms in total. The van der Waals surface area contributed by atoms with E-state index in [0.717, 1.165) is 6.08 Å². The van der Waals surface area contributed by atoms with Crippen molar-refractivity contribution in [2.75, 3.05) is 6.61 Å². The Morgan fingerprint density at radius 1 is 1.70 bits per heavy atom. The van der Waals surface area contributed by atoms with Gasteiger partial charge in [-0.1, -0.05) is 6.58 Å². The molecule has 0 unspecified atom stereocenters. The molecule has 0 bridgehead atoms. The summed E-state index contributed by atoms with van der Waals surface area (Å²) in [5.74, 6) is -0.437. The lowest BCUT2D eigenvalue weighted by Gasteiger charge is -1.92. The van der Waals surface area contributed by atoms with Crippen molar-refractivity contribution in [1.29, 1.82) is 0 Å². The predicted molar refractivity (Wildman–Crippen MR) is 41.7 cm³/mol. The highest BCUT2D eigenvalue weighted by Gasteiger charge is 1.88. The van der Waals surface area contributed by atoms with Gasteiger partial charge in [0, 0.05) is 6.08 Å². The summed E-state index contributed by atoms with van der Waals surface area (Å²) in [6, 6.07) is 0. The molecule has 0 aliphatic carbocycles. The van der Waals surface area contributed by atoms with Crippen molar-refractivity contribution in [3.8, 4) is 0 Å². The number of esters is 1. The Bertz CT molecular complexity index is 134. The first kappa shape index (κ1) is 11.8. The number of rotatable bonds is 3. The van der Waals surface area contributed by atoms with Gasteiger partial charge in [-0.25, -0.2) is 4.79 Å². The molecule has 0 atom stereocenters. The largest absolute Gasteiger partial charge is 0.458 e. The lowest BCUT2D eigenvalue weighted by atomic mass is 10.6. The first-order chi connectivity index (χ1) is 4.31. The van der Waals surface area contributed by atoms with Crippen molar-refractivity contribution < 1.29 is 9.53 Å². The topological polar surface area (TPSA) is 52.3 Å². The normalized spacial score (nSPS) is 8.40. The van der Waals surface area contributed by atoms with Crippen LogP contribution in [0.1, 0.15) is 0 Å². The zero-order chi connectivity index (χ0) is 7.11. The van der Waals surface area contributed by atoms with E-state index in [-0.39, 0.29) is 19.0 Å². The third-order valence-corrected chi connectivity index (χ3v) is 0.625. The molecule has 0 aromatic carbocycles. The van der Waals surface area contributed by atoms with Gasteiger partial charge in [0.25, 0.3) is 0 Å². The van der Waals surface area contributed by atoms with E-state index in [1.807, 2.05) is 0 Å². The van der Waals surface area contributed by atoms with Crippen LogP contribution in [-0.2, 0) is 9.53 Å².